The predicted molar refractivity (Wildman–Crippen MR) is 153 cm³/mol. The van der Waals surface area contributed by atoms with Gasteiger partial charge in [-0.2, -0.15) is 0 Å². The van der Waals surface area contributed by atoms with Crippen LogP contribution < -0.4 is 9.47 Å². The highest BCUT2D eigenvalue weighted by Crippen LogP contribution is 2.38. The molecule has 0 aromatic heterocycles. The van der Waals surface area contributed by atoms with Gasteiger partial charge in [0.15, 0.2) is 17.2 Å². The maximum absolute atomic E-state index is 12.6. The Morgan fingerprint density at radius 3 is 2.29 bits per heavy atom. The normalized spacial score (nSPS) is 13.8. The molecule has 0 radical (unpaired) electrons. The summed E-state index contributed by atoms with van der Waals surface area (Å²) >= 11 is 3.61. The molecule has 6 heteroatoms. The molecular weight excluding hydrogens is 542 g/mol. The molecule has 0 fully saturated rings. The number of esters is 1. The Bertz CT molecular complexity index is 1530. The first kappa shape index (κ1) is 25.5. The van der Waals surface area contributed by atoms with Gasteiger partial charge in [0, 0.05) is 5.56 Å². The molecule has 0 bridgehead atoms. The monoisotopic (exact) mass is 567 g/mol. The molecule has 0 amide bonds. The summed E-state index contributed by atoms with van der Waals surface area (Å²) in [5, 5.41) is 0. The van der Waals surface area contributed by atoms with Crippen molar-refractivity contribution in [1.82, 2.24) is 0 Å². The van der Waals surface area contributed by atoms with E-state index in [-0.39, 0.29) is 11.6 Å². The van der Waals surface area contributed by atoms with E-state index in [0.29, 0.717) is 24.7 Å². The Morgan fingerprint density at radius 1 is 0.868 bits per heavy atom. The maximum Gasteiger partial charge on any atom is 0.363 e. The van der Waals surface area contributed by atoms with Crippen LogP contribution in [0.1, 0.15) is 29.2 Å². The van der Waals surface area contributed by atoms with Crippen LogP contribution in [0.15, 0.2) is 106 Å². The van der Waals surface area contributed by atoms with Gasteiger partial charge in [-0.05, 0) is 87.9 Å². The Kier molecular flexibility index (Phi) is 7.70. The zero-order valence-corrected chi connectivity index (χ0v) is 22.7. The summed E-state index contributed by atoms with van der Waals surface area (Å²) in [5.74, 6) is 0.965. The summed E-state index contributed by atoms with van der Waals surface area (Å²) < 4.78 is 18.2. The first-order valence-corrected chi connectivity index (χ1v) is 13.1. The molecule has 0 saturated heterocycles. The van der Waals surface area contributed by atoms with Gasteiger partial charge < -0.3 is 14.2 Å². The number of carbonyl (C=O) groups excluding carboxylic acids is 1. The fraction of sp³-hybridized carbons (Fsp3) is 0.125. The van der Waals surface area contributed by atoms with Crippen molar-refractivity contribution in [3.8, 4) is 22.6 Å². The van der Waals surface area contributed by atoms with Crippen LogP contribution in [0.2, 0.25) is 0 Å². The highest BCUT2D eigenvalue weighted by atomic mass is 79.9. The zero-order chi connectivity index (χ0) is 26.5. The zero-order valence-electron chi connectivity index (χ0n) is 21.1. The smallest absolute Gasteiger partial charge is 0.363 e. The number of nitrogens with zero attached hydrogens (tertiary/aromatic N) is 1. The first-order valence-electron chi connectivity index (χ1n) is 12.3. The Hall–Kier alpha value is -4.16. The lowest BCUT2D eigenvalue weighted by Gasteiger charge is -2.15. The number of hydrogen-bond acceptors (Lipinski definition) is 5. The lowest BCUT2D eigenvalue weighted by molar-refractivity contribution is -0.129. The summed E-state index contributed by atoms with van der Waals surface area (Å²) in [6.45, 7) is 4.85. The molecular formula is C32H26BrNO4. The third-order valence-corrected chi connectivity index (χ3v) is 6.72. The van der Waals surface area contributed by atoms with Crippen molar-refractivity contribution in [3.63, 3.8) is 0 Å². The molecule has 4 aromatic carbocycles. The molecule has 0 saturated carbocycles. The molecule has 0 unspecified atom stereocenters. The molecule has 1 heterocycles. The Balaban J connectivity index is 1.38. The van der Waals surface area contributed by atoms with Crippen molar-refractivity contribution in [2.45, 2.75) is 20.5 Å². The molecule has 0 atom stereocenters. The van der Waals surface area contributed by atoms with E-state index in [4.69, 9.17) is 14.2 Å². The van der Waals surface area contributed by atoms with Crippen LogP contribution in [-0.2, 0) is 16.1 Å². The van der Waals surface area contributed by atoms with E-state index in [2.05, 4.69) is 46.0 Å². The molecule has 1 aliphatic heterocycles. The van der Waals surface area contributed by atoms with Gasteiger partial charge in [0.05, 0.1) is 11.1 Å². The van der Waals surface area contributed by atoms with Crippen molar-refractivity contribution in [3.05, 3.63) is 123 Å². The number of rotatable bonds is 8. The fourth-order valence-electron chi connectivity index (χ4n) is 4.12. The Labute approximate surface area is 230 Å². The van der Waals surface area contributed by atoms with E-state index in [9.17, 15) is 4.79 Å². The van der Waals surface area contributed by atoms with E-state index in [1.165, 1.54) is 0 Å². The summed E-state index contributed by atoms with van der Waals surface area (Å²) in [6.07, 6.45) is 1.69. The van der Waals surface area contributed by atoms with Crippen molar-refractivity contribution < 1.29 is 19.0 Å². The fourth-order valence-corrected chi connectivity index (χ4v) is 4.70. The van der Waals surface area contributed by atoms with E-state index >= 15 is 0 Å². The average Bonchev–Trinajstić information content (AvgIpc) is 3.29. The average molecular weight is 568 g/mol. The third-order valence-electron chi connectivity index (χ3n) is 6.13. The second-order valence-electron chi connectivity index (χ2n) is 8.76. The lowest BCUT2D eigenvalue weighted by Crippen LogP contribution is -2.05. The second-order valence-corrected chi connectivity index (χ2v) is 9.61. The van der Waals surface area contributed by atoms with Crippen LogP contribution in [0.3, 0.4) is 0 Å². The molecule has 0 N–H and O–H groups in total. The number of hydrogen-bond donors (Lipinski definition) is 0. The molecule has 0 aliphatic carbocycles. The predicted octanol–water partition coefficient (Wildman–Crippen LogP) is 7.75. The Morgan fingerprint density at radius 2 is 1.55 bits per heavy atom. The minimum absolute atomic E-state index is 0.218. The molecule has 5 rings (SSSR count). The van der Waals surface area contributed by atoms with E-state index < -0.39 is 5.97 Å². The van der Waals surface area contributed by atoms with Crippen LogP contribution in [-0.4, -0.2) is 18.5 Å². The summed E-state index contributed by atoms with van der Waals surface area (Å²) in [7, 11) is 0. The minimum atomic E-state index is -0.499. The van der Waals surface area contributed by atoms with Crippen molar-refractivity contribution in [1.29, 1.82) is 0 Å². The number of aryl methyl sites for hydroxylation is 1. The number of ether oxygens (including phenoxy) is 3. The number of cyclic esters (lactones) is 1. The lowest BCUT2D eigenvalue weighted by atomic mass is 10.0. The number of carbonyl (C=O) groups is 1. The third kappa shape index (κ3) is 5.71. The minimum Gasteiger partial charge on any atom is -0.490 e. The number of aliphatic imine (C=N–C) groups is 1. The standard InChI is InChI=1S/C32H26BrNO4/c1-3-36-29-19-22(17-27(33)30(29)37-20-26-12-8-7-9-21(26)2)18-28-32(35)38-31(34-28)25-15-13-24(14-16-25)23-10-5-4-6-11-23/h4-19H,3,20H2,1-2H3/b28-18-. The summed E-state index contributed by atoms with van der Waals surface area (Å²) in [6, 6.07) is 29.7. The molecule has 190 valence electrons. The van der Waals surface area contributed by atoms with Crippen LogP contribution in [0.4, 0.5) is 0 Å². The first-order chi connectivity index (χ1) is 18.5. The van der Waals surface area contributed by atoms with E-state index in [1.54, 1.807) is 6.08 Å². The van der Waals surface area contributed by atoms with Crippen LogP contribution >= 0.6 is 15.9 Å². The van der Waals surface area contributed by atoms with Crippen molar-refractivity contribution in [2.24, 2.45) is 4.99 Å². The molecule has 0 spiro atoms. The van der Waals surface area contributed by atoms with Gasteiger partial charge in [-0.3, -0.25) is 0 Å². The van der Waals surface area contributed by atoms with Crippen LogP contribution in [0.5, 0.6) is 11.5 Å². The van der Waals surface area contributed by atoms with Crippen molar-refractivity contribution in [2.75, 3.05) is 6.61 Å². The highest BCUT2D eigenvalue weighted by molar-refractivity contribution is 9.10. The highest BCUT2D eigenvalue weighted by Gasteiger charge is 2.24. The molecule has 4 aromatic rings. The maximum atomic E-state index is 12.6. The van der Waals surface area contributed by atoms with Crippen LogP contribution in [0.25, 0.3) is 17.2 Å². The SMILES string of the molecule is CCOc1cc(/C=C2\N=C(c3ccc(-c4ccccc4)cc3)OC2=O)cc(Br)c1OCc1ccccc1C. The van der Waals surface area contributed by atoms with E-state index in [1.807, 2.05) is 79.7 Å². The van der Waals surface area contributed by atoms with Gasteiger partial charge in [-0.25, -0.2) is 9.79 Å². The number of benzene rings is 4. The van der Waals surface area contributed by atoms with Crippen LogP contribution in [0, 0.1) is 6.92 Å². The summed E-state index contributed by atoms with van der Waals surface area (Å²) in [4.78, 5) is 17.1. The molecule has 38 heavy (non-hydrogen) atoms. The van der Waals surface area contributed by atoms with Gasteiger partial charge in [-0.1, -0.05) is 66.7 Å². The summed E-state index contributed by atoms with van der Waals surface area (Å²) in [5.41, 5.74) is 6.14. The van der Waals surface area contributed by atoms with Gasteiger partial charge >= 0.3 is 5.97 Å². The van der Waals surface area contributed by atoms with Gasteiger partial charge in [-0.15, -0.1) is 0 Å². The largest absolute Gasteiger partial charge is 0.490 e. The molecule has 5 nitrogen and oxygen atoms in total. The van der Waals surface area contributed by atoms with Gasteiger partial charge in [0.1, 0.15) is 6.61 Å². The topological polar surface area (TPSA) is 57.1 Å². The van der Waals surface area contributed by atoms with E-state index in [0.717, 1.165) is 37.9 Å². The molecule has 1 aliphatic rings. The van der Waals surface area contributed by atoms with Gasteiger partial charge in [0.2, 0.25) is 5.90 Å². The van der Waals surface area contributed by atoms with Crippen molar-refractivity contribution >= 4 is 33.9 Å². The number of halogens is 1. The van der Waals surface area contributed by atoms with Gasteiger partial charge in [0.25, 0.3) is 0 Å². The second kappa shape index (κ2) is 11.5. The quantitative estimate of drug-likeness (QED) is 0.161.